The number of nitrogens with zero attached hydrogens (tertiary/aromatic N) is 2. The summed E-state index contributed by atoms with van der Waals surface area (Å²) >= 11 is 0. The first-order chi connectivity index (χ1) is 6.42. The van der Waals surface area contributed by atoms with Crippen LogP contribution in [-0.4, -0.2) is 10.1 Å². The van der Waals surface area contributed by atoms with Crippen LogP contribution in [0.1, 0.15) is 5.56 Å². The maximum Gasteiger partial charge on any atom is 0.172 e. The summed E-state index contributed by atoms with van der Waals surface area (Å²) in [7, 11) is 0. The molecule has 13 heavy (non-hydrogen) atoms. The van der Waals surface area contributed by atoms with Crippen LogP contribution < -0.4 is 5.73 Å². The Bertz CT molecular complexity index is 383. The first kappa shape index (κ1) is 7.94. The molecule has 0 radical (unpaired) electrons. The van der Waals surface area contributed by atoms with Crippen LogP contribution in [0.25, 0.3) is 11.3 Å². The van der Waals surface area contributed by atoms with Crippen LogP contribution in [0.15, 0.2) is 35.2 Å². The lowest BCUT2D eigenvalue weighted by atomic mass is 10.1. The SMILES string of the molecule is NCc1cnoc1-c1cccnc1. The maximum atomic E-state index is 5.51. The molecule has 4 nitrogen and oxygen atoms in total. The lowest BCUT2D eigenvalue weighted by Crippen LogP contribution is -1.95. The third kappa shape index (κ3) is 1.43. The van der Waals surface area contributed by atoms with Gasteiger partial charge in [0.1, 0.15) is 0 Å². The molecule has 4 heteroatoms. The summed E-state index contributed by atoms with van der Waals surface area (Å²) in [5.41, 5.74) is 7.31. The highest BCUT2D eigenvalue weighted by molar-refractivity contribution is 5.59. The Morgan fingerprint density at radius 2 is 2.31 bits per heavy atom. The highest BCUT2D eigenvalue weighted by Crippen LogP contribution is 2.21. The van der Waals surface area contributed by atoms with Gasteiger partial charge in [0.15, 0.2) is 5.76 Å². The highest BCUT2D eigenvalue weighted by Gasteiger charge is 2.08. The summed E-state index contributed by atoms with van der Waals surface area (Å²) in [6.07, 6.45) is 5.06. The Hall–Kier alpha value is -1.68. The van der Waals surface area contributed by atoms with E-state index in [1.54, 1.807) is 18.6 Å². The Morgan fingerprint density at radius 3 is 3.00 bits per heavy atom. The van der Waals surface area contributed by atoms with Crippen LogP contribution in [0.4, 0.5) is 0 Å². The fourth-order valence-corrected chi connectivity index (χ4v) is 1.14. The molecule has 0 aliphatic heterocycles. The molecule has 2 heterocycles. The Labute approximate surface area is 75.4 Å². The molecule has 2 aromatic rings. The summed E-state index contributed by atoms with van der Waals surface area (Å²) in [5, 5.41) is 3.69. The number of pyridine rings is 1. The molecule has 0 amide bonds. The van der Waals surface area contributed by atoms with Gasteiger partial charge in [-0.1, -0.05) is 5.16 Å². The van der Waals surface area contributed by atoms with E-state index in [9.17, 15) is 0 Å². The zero-order valence-corrected chi connectivity index (χ0v) is 6.97. The van der Waals surface area contributed by atoms with E-state index in [2.05, 4.69) is 10.1 Å². The molecule has 0 saturated heterocycles. The minimum atomic E-state index is 0.424. The second kappa shape index (κ2) is 3.37. The van der Waals surface area contributed by atoms with Gasteiger partial charge in [0.25, 0.3) is 0 Å². The molecular formula is C9H9N3O. The van der Waals surface area contributed by atoms with Crippen molar-refractivity contribution in [3.8, 4) is 11.3 Å². The van der Waals surface area contributed by atoms with Crippen molar-refractivity contribution in [1.82, 2.24) is 10.1 Å². The molecule has 2 N–H and O–H groups in total. The fourth-order valence-electron chi connectivity index (χ4n) is 1.14. The van der Waals surface area contributed by atoms with Gasteiger partial charge in [-0.2, -0.15) is 0 Å². The van der Waals surface area contributed by atoms with Gasteiger partial charge < -0.3 is 10.3 Å². The Kier molecular flexibility index (Phi) is 2.06. The van der Waals surface area contributed by atoms with E-state index < -0.39 is 0 Å². The van der Waals surface area contributed by atoms with Gasteiger partial charge in [-0.25, -0.2) is 0 Å². The van der Waals surface area contributed by atoms with Crippen molar-refractivity contribution in [1.29, 1.82) is 0 Å². The van der Waals surface area contributed by atoms with Crippen molar-refractivity contribution in [2.75, 3.05) is 0 Å². The average molecular weight is 175 g/mol. The molecule has 0 spiro atoms. The van der Waals surface area contributed by atoms with E-state index in [-0.39, 0.29) is 0 Å². The van der Waals surface area contributed by atoms with E-state index in [1.807, 2.05) is 12.1 Å². The predicted molar refractivity (Wildman–Crippen MR) is 47.6 cm³/mol. The highest BCUT2D eigenvalue weighted by atomic mass is 16.5. The summed E-state index contributed by atoms with van der Waals surface area (Å²) in [6.45, 7) is 0.424. The summed E-state index contributed by atoms with van der Waals surface area (Å²) in [6, 6.07) is 3.75. The Morgan fingerprint density at radius 1 is 1.38 bits per heavy atom. The van der Waals surface area contributed by atoms with Gasteiger partial charge in [-0.3, -0.25) is 4.98 Å². The number of hydrogen-bond donors (Lipinski definition) is 1. The zero-order chi connectivity index (χ0) is 9.10. The van der Waals surface area contributed by atoms with Crippen molar-refractivity contribution in [3.63, 3.8) is 0 Å². The lowest BCUT2D eigenvalue weighted by molar-refractivity contribution is 0.431. The summed E-state index contributed by atoms with van der Waals surface area (Å²) in [5.74, 6) is 0.704. The van der Waals surface area contributed by atoms with E-state index in [0.717, 1.165) is 11.1 Å². The zero-order valence-electron chi connectivity index (χ0n) is 6.97. The molecule has 2 rings (SSSR count). The normalized spacial score (nSPS) is 10.2. The van der Waals surface area contributed by atoms with Gasteiger partial charge in [0.05, 0.1) is 6.20 Å². The van der Waals surface area contributed by atoms with Gasteiger partial charge in [0.2, 0.25) is 0 Å². The van der Waals surface area contributed by atoms with Crippen molar-refractivity contribution >= 4 is 0 Å². The molecule has 0 aromatic carbocycles. The van der Waals surface area contributed by atoms with Crippen molar-refractivity contribution in [2.45, 2.75) is 6.54 Å². The van der Waals surface area contributed by atoms with E-state index in [0.29, 0.717) is 12.3 Å². The minimum absolute atomic E-state index is 0.424. The first-order valence-electron chi connectivity index (χ1n) is 3.96. The fraction of sp³-hybridized carbons (Fsp3) is 0.111. The molecular weight excluding hydrogens is 166 g/mol. The maximum absolute atomic E-state index is 5.51. The van der Waals surface area contributed by atoms with Gasteiger partial charge in [0, 0.05) is 30.1 Å². The Balaban J connectivity index is 2.47. The third-order valence-electron chi connectivity index (χ3n) is 1.79. The van der Waals surface area contributed by atoms with Crippen LogP contribution >= 0.6 is 0 Å². The van der Waals surface area contributed by atoms with Crippen LogP contribution in [0.5, 0.6) is 0 Å². The first-order valence-corrected chi connectivity index (χ1v) is 3.96. The predicted octanol–water partition coefficient (Wildman–Crippen LogP) is 1.20. The topological polar surface area (TPSA) is 64.9 Å². The van der Waals surface area contributed by atoms with Crippen LogP contribution in [0.2, 0.25) is 0 Å². The number of rotatable bonds is 2. The standard InChI is InChI=1S/C9H9N3O/c10-4-8-6-12-13-9(8)7-2-1-3-11-5-7/h1-3,5-6H,4,10H2. The molecule has 66 valence electrons. The second-order valence-electron chi connectivity index (χ2n) is 2.63. The van der Waals surface area contributed by atoms with Crippen molar-refractivity contribution in [3.05, 3.63) is 36.3 Å². The van der Waals surface area contributed by atoms with Gasteiger partial charge >= 0.3 is 0 Å². The number of hydrogen-bond acceptors (Lipinski definition) is 4. The molecule has 0 aliphatic carbocycles. The smallest absolute Gasteiger partial charge is 0.172 e. The quantitative estimate of drug-likeness (QED) is 0.744. The summed E-state index contributed by atoms with van der Waals surface area (Å²) in [4.78, 5) is 3.99. The van der Waals surface area contributed by atoms with E-state index in [4.69, 9.17) is 10.3 Å². The van der Waals surface area contributed by atoms with Gasteiger partial charge in [-0.15, -0.1) is 0 Å². The number of aromatic nitrogens is 2. The molecule has 0 bridgehead atoms. The molecule has 2 aromatic heterocycles. The molecule has 0 atom stereocenters. The van der Waals surface area contributed by atoms with Crippen LogP contribution in [0, 0.1) is 0 Å². The lowest BCUT2D eigenvalue weighted by Gasteiger charge is -1.96. The molecule has 0 saturated carbocycles. The molecule has 0 aliphatic rings. The molecule has 0 unspecified atom stereocenters. The second-order valence-corrected chi connectivity index (χ2v) is 2.63. The van der Waals surface area contributed by atoms with Gasteiger partial charge in [-0.05, 0) is 12.1 Å². The average Bonchev–Trinajstić information content (AvgIpc) is 2.67. The number of nitrogens with two attached hydrogens (primary N) is 1. The minimum Gasteiger partial charge on any atom is -0.356 e. The van der Waals surface area contributed by atoms with Crippen molar-refractivity contribution in [2.24, 2.45) is 5.73 Å². The third-order valence-corrected chi connectivity index (χ3v) is 1.79. The van der Waals surface area contributed by atoms with E-state index >= 15 is 0 Å². The largest absolute Gasteiger partial charge is 0.356 e. The monoisotopic (exact) mass is 175 g/mol. The van der Waals surface area contributed by atoms with Crippen LogP contribution in [0.3, 0.4) is 0 Å². The van der Waals surface area contributed by atoms with Crippen molar-refractivity contribution < 1.29 is 4.52 Å². The molecule has 0 fully saturated rings. The van der Waals surface area contributed by atoms with Crippen LogP contribution in [-0.2, 0) is 6.54 Å². The summed E-state index contributed by atoms with van der Waals surface area (Å²) < 4.78 is 5.07. The van der Waals surface area contributed by atoms with E-state index in [1.165, 1.54) is 0 Å².